The Labute approximate surface area is 209 Å². The number of hydrogen-bond acceptors (Lipinski definition) is 4. The predicted octanol–water partition coefficient (Wildman–Crippen LogP) is 5.39. The van der Waals surface area contributed by atoms with Crippen molar-refractivity contribution in [2.45, 2.75) is 26.6 Å². The fraction of sp³-hybridized carbons (Fsp3) is 0.154. The Morgan fingerprint density at radius 1 is 1.09 bits per heavy atom. The number of benzene rings is 3. The summed E-state index contributed by atoms with van der Waals surface area (Å²) in [6.45, 7) is 2.22. The van der Waals surface area contributed by atoms with Crippen molar-refractivity contribution in [2.75, 3.05) is 0 Å². The van der Waals surface area contributed by atoms with E-state index in [2.05, 4.69) is 32.2 Å². The topological polar surface area (TPSA) is 74.8 Å². The van der Waals surface area contributed by atoms with Crippen LogP contribution in [0.2, 0.25) is 0 Å². The second-order valence-electron chi connectivity index (χ2n) is 8.04. The molecule has 0 aliphatic heterocycles. The minimum atomic E-state index is -0.729. The lowest BCUT2D eigenvalue weighted by atomic mass is 10.1. The average molecular weight is 536 g/mol. The van der Waals surface area contributed by atoms with Crippen LogP contribution in [-0.2, 0) is 19.6 Å². The fourth-order valence-electron chi connectivity index (χ4n) is 3.64. The van der Waals surface area contributed by atoms with Crippen LogP contribution in [-0.4, -0.2) is 25.6 Å². The molecule has 0 fully saturated rings. The molecule has 0 unspecified atom stereocenters. The van der Waals surface area contributed by atoms with E-state index in [4.69, 9.17) is 5.26 Å². The van der Waals surface area contributed by atoms with Gasteiger partial charge in [-0.3, -0.25) is 4.79 Å². The third-order valence-electron chi connectivity index (χ3n) is 5.56. The van der Waals surface area contributed by atoms with Crippen LogP contribution in [0.1, 0.15) is 38.4 Å². The molecule has 3 aromatic carbocycles. The van der Waals surface area contributed by atoms with Gasteiger partial charge in [-0.15, -0.1) is 10.2 Å². The molecule has 0 N–H and O–H groups in total. The molecule has 1 aromatic heterocycles. The minimum absolute atomic E-state index is 0.0535. The van der Waals surface area contributed by atoms with Crippen LogP contribution >= 0.6 is 15.9 Å². The van der Waals surface area contributed by atoms with Crippen molar-refractivity contribution in [2.24, 2.45) is 0 Å². The molecule has 4 rings (SSSR count). The first-order valence-electron chi connectivity index (χ1n) is 10.7. The number of carbonyl (C=O) groups excluding carboxylic acids is 1. The predicted molar refractivity (Wildman–Crippen MR) is 129 cm³/mol. The number of rotatable bonds is 7. The molecule has 0 saturated heterocycles. The van der Waals surface area contributed by atoms with E-state index in [0.29, 0.717) is 23.5 Å². The number of hydrogen-bond donors (Lipinski definition) is 0. The van der Waals surface area contributed by atoms with Crippen LogP contribution < -0.4 is 0 Å². The summed E-state index contributed by atoms with van der Waals surface area (Å²) >= 11 is 3.40. The SMILES string of the molecule is Cc1ccc(Br)cc1C(=O)N(Cc1ccc(F)cc1F)Cc1nncn1Cc1ccc(C#N)cc1. The summed E-state index contributed by atoms with van der Waals surface area (Å²) in [5.74, 6) is -1.24. The second kappa shape index (κ2) is 10.6. The van der Waals surface area contributed by atoms with Gasteiger partial charge in [-0.1, -0.05) is 40.2 Å². The molecule has 0 radical (unpaired) electrons. The molecule has 0 atom stereocenters. The highest BCUT2D eigenvalue weighted by Crippen LogP contribution is 2.21. The summed E-state index contributed by atoms with van der Waals surface area (Å²) in [6.07, 6.45) is 1.55. The molecule has 4 aromatic rings. The Morgan fingerprint density at radius 3 is 2.57 bits per heavy atom. The summed E-state index contributed by atoms with van der Waals surface area (Å²) < 4.78 is 30.5. The van der Waals surface area contributed by atoms with E-state index in [0.717, 1.165) is 21.7 Å². The molecule has 35 heavy (non-hydrogen) atoms. The first-order valence-corrected chi connectivity index (χ1v) is 11.5. The highest BCUT2D eigenvalue weighted by atomic mass is 79.9. The lowest BCUT2D eigenvalue weighted by molar-refractivity contribution is 0.0721. The molecule has 6 nitrogen and oxygen atoms in total. The third kappa shape index (κ3) is 5.78. The average Bonchev–Trinajstić information content (AvgIpc) is 3.28. The summed E-state index contributed by atoms with van der Waals surface area (Å²) in [6, 6.07) is 17.9. The first-order chi connectivity index (χ1) is 16.8. The summed E-state index contributed by atoms with van der Waals surface area (Å²) in [4.78, 5) is 15.1. The number of carbonyl (C=O) groups is 1. The Kier molecular flexibility index (Phi) is 7.32. The van der Waals surface area contributed by atoms with E-state index in [-0.39, 0.29) is 24.6 Å². The normalized spacial score (nSPS) is 10.7. The minimum Gasteiger partial charge on any atom is -0.327 e. The highest BCUT2D eigenvalue weighted by molar-refractivity contribution is 9.10. The Balaban J connectivity index is 1.65. The van der Waals surface area contributed by atoms with Crippen molar-refractivity contribution in [3.8, 4) is 6.07 Å². The van der Waals surface area contributed by atoms with Gasteiger partial charge in [0.15, 0.2) is 5.82 Å². The largest absolute Gasteiger partial charge is 0.327 e. The lowest BCUT2D eigenvalue weighted by Gasteiger charge is -2.24. The maximum Gasteiger partial charge on any atom is 0.254 e. The van der Waals surface area contributed by atoms with E-state index in [1.54, 1.807) is 29.1 Å². The molecular formula is C26H20BrF2N5O. The van der Waals surface area contributed by atoms with Gasteiger partial charge < -0.3 is 9.47 Å². The number of aryl methyl sites for hydroxylation is 1. The van der Waals surface area contributed by atoms with Crippen LogP contribution in [0, 0.1) is 29.9 Å². The van der Waals surface area contributed by atoms with Crippen LogP contribution in [0.5, 0.6) is 0 Å². The maximum absolute atomic E-state index is 14.5. The van der Waals surface area contributed by atoms with Crippen LogP contribution in [0.25, 0.3) is 0 Å². The van der Waals surface area contributed by atoms with Gasteiger partial charge in [0.2, 0.25) is 0 Å². The number of nitriles is 1. The Bertz CT molecular complexity index is 1410. The first kappa shape index (κ1) is 24.2. The molecule has 176 valence electrons. The molecule has 9 heteroatoms. The van der Waals surface area contributed by atoms with Crippen molar-refractivity contribution in [1.82, 2.24) is 19.7 Å². The number of amides is 1. The smallest absolute Gasteiger partial charge is 0.254 e. The van der Waals surface area contributed by atoms with Gasteiger partial charge in [0.25, 0.3) is 5.91 Å². The monoisotopic (exact) mass is 535 g/mol. The second-order valence-corrected chi connectivity index (χ2v) is 8.96. The van der Waals surface area contributed by atoms with Crippen molar-refractivity contribution in [1.29, 1.82) is 5.26 Å². The van der Waals surface area contributed by atoms with Gasteiger partial charge in [0, 0.05) is 28.2 Å². The van der Waals surface area contributed by atoms with Gasteiger partial charge >= 0.3 is 0 Å². The van der Waals surface area contributed by atoms with Crippen molar-refractivity contribution in [3.05, 3.63) is 117 Å². The van der Waals surface area contributed by atoms with E-state index in [1.807, 2.05) is 31.2 Å². The van der Waals surface area contributed by atoms with Gasteiger partial charge in [-0.25, -0.2) is 8.78 Å². The summed E-state index contributed by atoms with van der Waals surface area (Å²) in [5, 5.41) is 17.2. The molecule has 0 aliphatic rings. The van der Waals surface area contributed by atoms with Crippen LogP contribution in [0.4, 0.5) is 8.78 Å². The molecule has 1 amide bonds. The fourth-order valence-corrected chi connectivity index (χ4v) is 4.00. The quantitative estimate of drug-likeness (QED) is 0.318. The Hall–Kier alpha value is -3.90. The Morgan fingerprint density at radius 2 is 1.86 bits per heavy atom. The van der Waals surface area contributed by atoms with Gasteiger partial charge in [-0.2, -0.15) is 5.26 Å². The van der Waals surface area contributed by atoms with E-state index < -0.39 is 11.6 Å². The number of nitrogens with zero attached hydrogens (tertiary/aromatic N) is 5. The molecule has 0 bridgehead atoms. The molecule has 0 saturated carbocycles. The molecule has 1 heterocycles. The van der Waals surface area contributed by atoms with Gasteiger partial charge in [-0.05, 0) is 48.4 Å². The van der Waals surface area contributed by atoms with Crippen LogP contribution in [0.3, 0.4) is 0 Å². The van der Waals surface area contributed by atoms with Crippen molar-refractivity contribution in [3.63, 3.8) is 0 Å². The van der Waals surface area contributed by atoms with Gasteiger partial charge in [0.1, 0.15) is 18.0 Å². The maximum atomic E-state index is 14.5. The zero-order valence-corrected chi connectivity index (χ0v) is 20.3. The van der Waals surface area contributed by atoms with E-state index in [1.165, 1.54) is 17.0 Å². The van der Waals surface area contributed by atoms with Crippen molar-refractivity contribution < 1.29 is 13.6 Å². The van der Waals surface area contributed by atoms with E-state index in [9.17, 15) is 13.6 Å². The van der Waals surface area contributed by atoms with E-state index >= 15 is 0 Å². The zero-order valence-electron chi connectivity index (χ0n) is 18.8. The molecule has 0 aliphatic carbocycles. The standard InChI is InChI=1S/C26H20BrF2N5O/c1-17-2-8-21(27)10-23(17)26(35)33(14-20-7-9-22(28)11-24(20)29)15-25-32-31-16-34(25)13-19-5-3-18(12-30)4-6-19/h2-11,16H,13-15H2,1H3. The molecular weight excluding hydrogens is 516 g/mol. The number of halogens is 3. The number of aromatic nitrogens is 3. The van der Waals surface area contributed by atoms with Gasteiger partial charge in [0.05, 0.1) is 24.7 Å². The highest BCUT2D eigenvalue weighted by Gasteiger charge is 2.22. The summed E-state index contributed by atoms with van der Waals surface area (Å²) in [7, 11) is 0. The zero-order chi connectivity index (χ0) is 24.9. The summed E-state index contributed by atoms with van der Waals surface area (Å²) in [5.41, 5.74) is 2.89. The lowest BCUT2D eigenvalue weighted by Crippen LogP contribution is -2.32. The van der Waals surface area contributed by atoms with Crippen molar-refractivity contribution >= 4 is 21.8 Å². The third-order valence-corrected chi connectivity index (χ3v) is 6.05. The van der Waals surface area contributed by atoms with Crippen LogP contribution in [0.15, 0.2) is 71.5 Å². The molecule has 0 spiro atoms.